The summed E-state index contributed by atoms with van der Waals surface area (Å²) in [6.45, 7) is 0. The quantitative estimate of drug-likeness (QED) is 0.677. The molecule has 1 aliphatic rings. The van der Waals surface area contributed by atoms with Crippen LogP contribution in [0.2, 0.25) is 0 Å². The average molecular weight is 340 g/mol. The molecule has 1 aromatic heterocycles. The Kier molecular flexibility index (Phi) is 3.82. The number of aromatic amines is 1. The molecule has 0 aliphatic heterocycles. The van der Waals surface area contributed by atoms with Crippen molar-refractivity contribution in [3.8, 4) is 5.75 Å². The third kappa shape index (κ3) is 2.92. The molecule has 24 heavy (non-hydrogen) atoms. The molecule has 0 spiro atoms. The Morgan fingerprint density at radius 1 is 1.25 bits per heavy atom. The Balaban J connectivity index is 1.57. The predicted octanol–water partition coefficient (Wildman–Crippen LogP) is 4.67. The summed E-state index contributed by atoms with van der Waals surface area (Å²) in [6, 6.07) is 12.7. The molecule has 3 aromatic rings. The molecular weight excluding hydrogens is 324 g/mol. The van der Waals surface area contributed by atoms with Gasteiger partial charge >= 0.3 is 0 Å². The standard InChI is InChI=1S/C18H16N2O3S/c21-17(13-6-1-2-7-15(13)22-12-4-3-5-12)19-11-8-9-14-16(10-11)23-18(24)20-14/h1-2,6-10,12H,3-5H2,(H,19,21)(H,20,24). The van der Waals surface area contributed by atoms with Crippen molar-refractivity contribution in [1.82, 2.24) is 4.98 Å². The van der Waals surface area contributed by atoms with E-state index >= 15 is 0 Å². The van der Waals surface area contributed by atoms with Gasteiger partial charge < -0.3 is 19.5 Å². The van der Waals surface area contributed by atoms with Crippen LogP contribution in [0.25, 0.3) is 11.1 Å². The van der Waals surface area contributed by atoms with Crippen molar-refractivity contribution in [2.75, 3.05) is 5.32 Å². The molecule has 1 saturated carbocycles. The topological polar surface area (TPSA) is 67.3 Å². The highest BCUT2D eigenvalue weighted by Gasteiger charge is 2.22. The smallest absolute Gasteiger partial charge is 0.266 e. The molecule has 122 valence electrons. The number of carbonyl (C=O) groups excluding carboxylic acids is 1. The van der Waals surface area contributed by atoms with Gasteiger partial charge in [-0.2, -0.15) is 0 Å². The number of hydrogen-bond donors (Lipinski definition) is 2. The van der Waals surface area contributed by atoms with Crippen molar-refractivity contribution in [3.63, 3.8) is 0 Å². The second-order valence-electron chi connectivity index (χ2n) is 5.85. The van der Waals surface area contributed by atoms with Gasteiger partial charge in [0.05, 0.1) is 17.2 Å². The summed E-state index contributed by atoms with van der Waals surface area (Å²) >= 11 is 4.97. The van der Waals surface area contributed by atoms with E-state index in [9.17, 15) is 4.79 Å². The zero-order valence-electron chi connectivity index (χ0n) is 12.9. The van der Waals surface area contributed by atoms with E-state index in [0.717, 1.165) is 18.4 Å². The maximum absolute atomic E-state index is 12.6. The highest BCUT2D eigenvalue weighted by atomic mass is 32.1. The van der Waals surface area contributed by atoms with Gasteiger partial charge in [0.1, 0.15) is 5.75 Å². The van der Waals surface area contributed by atoms with Gasteiger partial charge in [-0.25, -0.2) is 0 Å². The van der Waals surface area contributed by atoms with Crippen LogP contribution >= 0.6 is 12.2 Å². The van der Waals surface area contributed by atoms with Crippen molar-refractivity contribution in [1.29, 1.82) is 0 Å². The van der Waals surface area contributed by atoms with Crippen LogP contribution in [0.4, 0.5) is 5.69 Å². The highest BCUT2D eigenvalue weighted by Crippen LogP contribution is 2.28. The fourth-order valence-corrected chi connectivity index (χ4v) is 2.85. The number of hydrogen-bond acceptors (Lipinski definition) is 4. The molecule has 1 fully saturated rings. The summed E-state index contributed by atoms with van der Waals surface area (Å²) in [5.74, 6) is 0.415. The summed E-state index contributed by atoms with van der Waals surface area (Å²) in [5.41, 5.74) is 2.58. The Hall–Kier alpha value is -2.60. The monoisotopic (exact) mass is 340 g/mol. The number of benzene rings is 2. The molecule has 2 aromatic carbocycles. The zero-order chi connectivity index (χ0) is 16.5. The minimum Gasteiger partial charge on any atom is -0.490 e. The van der Waals surface area contributed by atoms with Crippen molar-refractivity contribution in [2.24, 2.45) is 0 Å². The van der Waals surface area contributed by atoms with Crippen LogP contribution in [0.5, 0.6) is 5.75 Å². The summed E-state index contributed by atoms with van der Waals surface area (Å²) in [5, 5.41) is 2.88. The van der Waals surface area contributed by atoms with Crippen molar-refractivity contribution in [2.45, 2.75) is 25.4 Å². The number of ether oxygens (including phenoxy) is 1. The minimum atomic E-state index is -0.210. The van der Waals surface area contributed by atoms with E-state index in [2.05, 4.69) is 10.3 Å². The highest BCUT2D eigenvalue weighted by molar-refractivity contribution is 7.71. The second kappa shape index (κ2) is 6.13. The molecule has 0 bridgehead atoms. The fourth-order valence-electron chi connectivity index (χ4n) is 2.65. The van der Waals surface area contributed by atoms with Gasteiger partial charge in [-0.05, 0) is 55.7 Å². The number of rotatable bonds is 4. The number of amides is 1. The third-order valence-corrected chi connectivity index (χ3v) is 4.34. The second-order valence-corrected chi connectivity index (χ2v) is 6.22. The van der Waals surface area contributed by atoms with Gasteiger partial charge in [-0.15, -0.1) is 0 Å². The average Bonchev–Trinajstić information content (AvgIpc) is 2.90. The SMILES string of the molecule is O=C(Nc1ccc2[nH]c(=S)oc2c1)c1ccccc1OC1CCC1. The Labute approximate surface area is 143 Å². The lowest BCUT2D eigenvalue weighted by molar-refractivity contribution is 0.0992. The van der Waals surface area contributed by atoms with E-state index in [4.69, 9.17) is 21.4 Å². The van der Waals surface area contributed by atoms with E-state index < -0.39 is 0 Å². The summed E-state index contributed by atoms with van der Waals surface area (Å²) in [4.78, 5) is 15.9. The lowest BCUT2D eigenvalue weighted by Gasteiger charge is -2.27. The summed E-state index contributed by atoms with van der Waals surface area (Å²) in [7, 11) is 0. The molecule has 5 nitrogen and oxygen atoms in total. The number of anilines is 1. The van der Waals surface area contributed by atoms with Crippen LogP contribution in [0, 0.1) is 4.84 Å². The van der Waals surface area contributed by atoms with Gasteiger partial charge in [0, 0.05) is 11.8 Å². The van der Waals surface area contributed by atoms with Crippen LogP contribution in [0.3, 0.4) is 0 Å². The number of fused-ring (bicyclic) bond motifs is 1. The van der Waals surface area contributed by atoms with Crippen LogP contribution in [-0.2, 0) is 0 Å². The first kappa shape index (κ1) is 15.0. The maximum Gasteiger partial charge on any atom is 0.266 e. The molecule has 6 heteroatoms. The normalized spacial score (nSPS) is 14.3. The maximum atomic E-state index is 12.6. The van der Waals surface area contributed by atoms with E-state index in [0.29, 0.717) is 27.4 Å². The van der Waals surface area contributed by atoms with E-state index in [1.165, 1.54) is 6.42 Å². The van der Waals surface area contributed by atoms with Crippen molar-refractivity contribution < 1.29 is 13.9 Å². The fraction of sp³-hybridized carbons (Fsp3) is 0.222. The van der Waals surface area contributed by atoms with Crippen LogP contribution in [0.15, 0.2) is 46.9 Å². The molecule has 0 atom stereocenters. The molecular formula is C18H16N2O3S. The summed E-state index contributed by atoms with van der Waals surface area (Å²) in [6.07, 6.45) is 3.50. The lowest BCUT2D eigenvalue weighted by Crippen LogP contribution is -2.26. The number of H-pyrrole nitrogens is 1. The van der Waals surface area contributed by atoms with Gasteiger partial charge in [-0.1, -0.05) is 12.1 Å². The first-order valence-electron chi connectivity index (χ1n) is 7.89. The Morgan fingerprint density at radius 3 is 2.88 bits per heavy atom. The van der Waals surface area contributed by atoms with Gasteiger partial charge in [0.25, 0.3) is 10.7 Å². The number of carbonyl (C=O) groups is 1. The lowest BCUT2D eigenvalue weighted by atomic mass is 9.96. The number of oxazole rings is 1. The van der Waals surface area contributed by atoms with Crippen LogP contribution in [-0.4, -0.2) is 17.0 Å². The van der Waals surface area contributed by atoms with Gasteiger partial charge in [0.2, 0.25) is 0 Å². The van der Waals surface area contributed by atoms with E-state index in [-0.39, 0.29) is 12.0 Å². The Bertz CT molecular complexity index is 956. The number of para-hydroxylation sites is 1. The van der Waals surface area contributed by atoms with Gasteiger partial charge in [-0.3, -0.25) is 4.79 Å². The Morgan fingerprint density at radius 2 is 2.08 bits per heavy atom. The first-order valence-corrected chi connectivity index (χ1v) is 8.30. The van der Waals surface area contributed by atoms with E-state index in [1.807, 2.05) is 24.3 Å². The third-order valence-electron chi connectivity index (χ3n) is 4.16. The minimum absolute atomic E-state index is 0.210. The molecule has 0 unspecified atom stereocenters. The van der Waals surface area contributed by atoms with Crippen LogP contribution in [0.1, 0.15) is 29.6 Å². The summed E-state index contributed by atoms with van der Waals surface area (Å²) < 4.78 is 11.3. The van der Waals surface area contributed by atoms with Crippen molar-refractivity contribution in [3.05, 3.63) is 52.9 Å². The molecule has 0 saturated heterocycles. The number of aromatic nitrogens is 1. The predicted molar refractivity (Wildman–Crippen MR) is 94.1 cm³/mol. The van der Waals surface area contributed by atoms with Gasteiger partial charge in [0.15, 0.2) is 5.58 Å². The van der Waals surface area contributed by atoms with Crippen LogP contribution < -0.4 is 10.1 Å². The molecule has 1 heterocycles. The molecule has 4 rings (SSSR count). The molecule has 1 aliphatic carbocycles. The van der Waals surface area contributed by atoms with E-state index in [1.54, 1.807) is 18.2 Å². The number of nitrogens with one attached hydrogen (secondary N) is 2. The largest absolute Gasteiger partial charge is 0.490 e. The van der Waals surface area contributed by atoms with Crippen molar-refractivity contribution >= 4 is 34.9 Å². The molecule has 2 N–H and O–H groups in total. The zero-order valence-corrected chi connectivity index (χ0v) is 13.7. The first-order chi connectivity index (χ1) is 11.7. The molecule has 1 amide bonds. The molecule has 0 radical (unpaired) electrons.